The molecular weight excluding hydrogens is 402 g/mol. The highest BCUT2D eigenvalue weighted by molar-refractivity contribution is 7.89. The maximum absolute atomic E-state index is 12.7. The molecule has 160 valence electrons. The monoisotopic (exact) mass is 429 g/mol. The van der Waals surface area contributed by atoms with Crippen molar-refractivity contribution in [2.24, 2.45) is 0 Å². The number of carbonyl (C=O) groups is 1. The molecule has 1 atom stereocenters. The molecule has 0 spiro atoms. The molecule has 0 radical (unpaired) electrons. The highest BCUT2D eigenvalue weighted by Gasteiger charge is 2.24. The Kier molecular flexibility index (Phi) is 6.19. The first kappa shape index (κ1) is 21.9. The summed E-state index contributed by atoms with van der Waals surface area (Å²) in [5.74, 6) is 0.687. The molecule has 8 heteroatoms. The molecule has 2 amide bonds. The fourth-order valence-corrected chi connectivity index (χ4v) is 4.31. The average Bonchev–Trinajstić information content (AvgIpc) is 3.16. The van der Waals surface area contributed by atoms with Crippen molar-refractivity contribution < 1.29 is 17.6 Å². The Morgan fingerprint density at radius 3 is 2.23 bits per heavy atom. The van der Waals surface area contributed by atoms with Crippen LogP contribution in [0.2, 0.25) is 0 Å². The van der Waals surface area contributed by atoms with Crippen LogP contribution in [0.3, 0.4) is 0 Å². The van der Waals surface area contributed by atoms with Gasteiger partial charge < -0.3 is 14.6 Å². The zero-order valence-electron chi connectivity index (χ0n) is 17.8. The minimum atomic E-state index is -3.56. The summed E-state index contributed by atoms with van der Waals surface area (Å²) in [5.41, 5.74) is 1.28. The summed E-state index contributed by atoms with van der Waals surface area (Å²) in [6.45, 7) is 5.50. The van der Waals surface area contributed by atoms with E-state index in [-0.39, 0.29) is 23.0 Å². The minimum absolute atomic E-state index is 0.150. The highest BCUT2D eigenvalue weighted by atomic mass is 32.2. The van der Waals surface area contributed by atoms with Gasteiger partial charge in [-0.15, -0.1) is 0 Å². The first-order chi connectivity index (χ1) is 14.1. The van der Waals surface area contributed by atoms with Crippen LogP contribution in [0.1, 0.15) is 32.6 Å². The van der Waals surface area contributed by atoms with E-state index < -0.39 is 10.0 Å². The first-order valence-corrected chi connectivity index (χ1v) is 11.2. The van der Waals surface area contributed by atoms with Crippen molar-refractivity contribution in [3.63, 3.8) is 0 Å². The van der Waals surface area contributed by atoms with Gasteiger partial charge in [-0.3, -0.25) is 0 Å². The number of nitrogens with one attached hydrogen (secondary N) is 1. The summed E-state index contributed by atoms with van der Waals surface area (Å²) in [7, 11) is -0.334. The number of urea groups is 1. The predicted molar refractivity (Wildman–Crippen MR) is 118 cm³/mol. The number of amides is 2. The number of hydrogen-bond acceptors (Lipinski definition) is 4. The molecule has 0 saturated carbocycles. The summed E-state index contributed by atoms with van der Waals surface area (Å²) < 4.78 is 32.3. The SMILES string of the molecule is CC(C)N(C)S(=O)(=O)c1ccc(NC(=O)N(C)[C@H](C)c2cc3ccccc3o2)cc1. The molecule has 7 nitrogen and oxygen atoms in total. The number of para-hydroxylation sites is 1. The topological polar surface area (TPSA) is 82.9 Å². The molecule has 3 rings (SSSR count). The molecule has 0 aliphatic carbocycles. The molecule has 30 heavy (non-hydrogen) atoms. The van der Waals surface area contributed by atoms with Crippen LogP contribution in [0, 0.1) is 0 Å². The second-order valence-corrected chi connectivity index (χ2v) is 9.54. The van der Waals surface area contributed by atoms with Gasteiger partial charge in [0.2, 0.25) is 10.0 Å². The van der Waals surface area contributed by atoms with Crippen LogP contribution >= 0.6 is 0 Å². The molecule has 0 aliphatic heterocycles. The van der Waals surface area contributed by atoms with E-state index in [0.29, 0.717) is 11.4 Å². The second kappa shape index (κ2) is 8.49. The number of nitrogens with zero attached hydrogens (tertiary/aromatic N) is 2. The van der Waals surface area contributed by atoms with Crippen molar-refractivity contribution in [2.45, 2.75) is 37.8 Å². The van der Waals surface area contributed by atoms with Crippen molar-refractivity contribution in [3.05, 3.63) is 60.4 Å². The summed E-state index contributed by atoms with van der Waals surface area (Å²) in [5, 5.41) is 3.78. The van der Waals surface area contributed by atoms with Crippen LogP contribution in [0.15, 0.2) is 63.9 Å². The van der Waals surface area contributed by atoms with E-state index in [4.69, 9.17) is 4.42 Å². The smallest absolute Gasteiger partial charge is 0.322 e. The number of carbonyl (C=O) groups excluding carboxylic acids is 1. The van der Waals surface area contributed by atoms with Crippen molar-refractivity contribution >= 4 is 32.7 Å². The zero-order valence-corrected chi connectivity index (χ0v) is 18.6. The second-order valence-electron chi connectivity index (χ2n) is 7.54. The molecule has 0 aliphatic rings. The third kappa shape index (κ3) is 4.34. The van der Waals surface area contributed by atoms with Gasteiger partial charge in [0.25, 0.3) is 0 Å². The van der Waals surface area contributed by atoms with Crippen molar-refractivity contribution in [1.29, 1.82) is 0 Å². The largest absolute Gasteiger partial charge is 0.459 e. The summed E-state index contributed by atoms with van der Waals surface area (Å²) in [6, 6.07) is 15.0. The van der Waals surface area contributed by atoms with Crippen LogP contribution < -0.4 is 5.32 Å². The summed E-state index contributed by atoms with van der Waals surface area (Å²) in [6.07, 6.45) is 0. The molecule has 0 fully saturated rings. The molecule has 1 aromatic heterocycles. The van der Waals surface area contributed by atoms with E-state index in [9.17, 15) is 13.2 Å². The molecular formula is C22H27N3O4S. The Morgan fingerprint density at radius 2 is 1.63 bits per heavy atom. The lowest BCUT2D eigenvalue weighted by atomic mass is 10.2. The van der Waals surface area contributed by atoms with Crippen LogP contribution in [-0.4, -0.2) is 43.8 Å². The lowest BCUT2D eigenvalue weighted by Crippen LogP contribution is -2.34. The lowest BCUT2D eigenvalue weighted by molar-refractivity contribution is 0.201. The standard InChI is InChI=1S/C22H27N3O4S/c1-15(2)25(5)30(27,28)19-12-10-18(11-13-19)23-22(26)24(4)16(3)21-14-17-8-6-7-9-20(17)29-21/h6-16H,1-5H3,(H,23,26)/t16-/m1/s1. The van der Waals surface area contributed by atoms with Crippen LogP contribution in [0.4, 0.5) is 10.5 Å². The number of benzene rings is 2. The Bertz CT molecular complexity index is 1100. The fraction of sp³-hybridized carbons (Fsp3) is 0.318. The predicted octanol–water partition coefficient (Wildman–Crippen LogP) is 4.69. The molecule has 2 aromatic carbocycles. The summed E-state index contributed by atoms with van der Waals surface area (Å²) >= 11 is 0. The molecule has 1 heterocycles. The molecule has 0 bridgehead atoms. The first-order valence-electron chi connectivity index (χ1n) is 9.71. The van der Waals surface area contributed by atoms with Gasteiger partial charge in [-0.05, 0) is 57.2 Å². The Hall–Kier alpha value is -2.84. The fourth-order valence-electron chi connectivity index (χ4n) is 2.94. The molecule has 3 aromatic rings. The molecule has 0 saturated heterocycles. The molecule has 1 N–H and O–H groups in total. The van der Waals surface area contributed by atoms with Gasteiger partial charge in [-0.2, -0.15) is 4.31 Å². The van der Waals surface area contributed by atoms with E-state index >= 15 is 0 Å². The van der Waals surface area contributed by atoms with Gasteiger partial charge >= 0.3 is 6.03 Å². The Morgan fingerprint density at radius 1 is 1.00 bits per heavy atom. The van der Waals surface area contributed by atoms with Crippen molar-refractivity contribution in [2.75, 3.05) is 19.4 Å². The zero-order chi connectivity index (χ0) is 22.1. The number of hydrogen-bond donors (Lipinski definition) is 1. The normalized spacial score (nSPS) is 13.0. The number of furan rings is 1. The van der Waals surface area contributed by atoms with E-state index in [1.54, 1.807) is 26.2 Å². The maximum Gasteiger partial charge on any atom is 0.322 e. The van der Waals surface area contributed by atoms with Crippen LogP contribution in [0.25, 0.3) is 11.0 Å². The third-order valence-corrected chi connectivity index (χ3v) is 7.32. The van der Waals surface area contributed by atoms with Gasteiger partial charge in [0.15, 0.2) is 0 Å². The number of anilines is 1. The van der Waals surface area contributed by atoms with E-state index in [2.05, 4.69) is 5.32 Å². The van der Waals surface area contributed by atoms with Gasteiger partial charge in [0, 0.05) is 31.2 Å². The van der Waals surface area contributed by atoms with Gasteiger partial charge in [0.05, 0.1) is 10.9 Å². The van der Waals surface area contributed by atoms with Gasteiger partial charge in [0.1, 0.15) is 11.3 Å². The van der Waals surface area contributed by atoms with Gasteiger partial charge in [-0.1, -0.05) is 18.2 Å². The Balaban J connectivity index is 1.70. The average molecular weight is 430 g/mol. The minimum Gasteiger partial charge on any atom is -0.459 e. The van der Waals surface area contributed by atoms with Crippen molar-refractivity contribution in [1.82, 2.24) is 9.21 Å². The van der Waals surface area contributed by atoms with Crippen molar-refractivity contribution in [3.8, 4) is 0 Å². The lowest BCUT2D eigenvalue weighted by Gasteiger charge is -2.24. The summed E-state index contributed by atoms with van der Waals surface area (Å²) in [4.78, 5) is 14.4. The van der Waals surface area contributed by atoms with E-state index in [1.807, 2.05) is 51.1 Å². The number of rotatable bonds is 6. The van der Waals surface area contributed by atoms with Gasteiger partial charge in [-0.25, -0.2) is 13.2 Å². The number of sulfonamides is 1. The maximum atomic E-state index is 12.7. The quantitative estimate of drug-likeness (QED) is 0.616. The van der Waals surface area contributed by atoms with Crippen LogP contribution in [-0.2, 0) is 10.0 Å². The van der Waals surface area contributed by atoms with Crippen LogP contribution in [0.5, 0.6) is 0 Å². The highest BCUT2D eigenvalue weighted by Crippen LogP contribution is 2.27. The number of fused-ring (bicyclic) bond motifs is 1. The van der Waals surface area contributed by atoms with E-state index in [0.717, 1.165) is 11.0 Å². The van der Waals surface area contributed by atoms with E-state index in [1.165, 1.54) is 21.3 Å². The molecule has 0 unspecified atom stereocenters. The third-order valence-electron chi connectivity index (χ3n) is 5.27. The Labute approximate surface area is 177 Å².